The van der Waals surface area contributed by atoms with Gasteiger partial charge in [0.05, 0.1) is 58.3 Å². The fraction of sp³-hybridized carbons (Fsp3) is 0.621. The second-order valence-corrected chi connectivity index (χ2v) is 16.2. The molecule has 6 rings (SSSR count). The predicted molar refractivity (Wildman–Crippen MR) is 184 cm³/mol. The zero-order valence-corrected chi connectivity index (χ0v) is 29.7. The van der Waals surface area contributed by atoms with E-state index >= 15 is 0 Å². The number of aliphatic hydroxyl groups is 2. The van der Waals surface area contributed by atoms with Crippen molar-refractivity contribution in [2.24, 2.45) is 11.8 Å². The molecule has 252 valence electrons. The Morgan fingerprint density at radius 3 is 1.85 bits per heavy atom. The van der Waals surface area contributed by atoms with Crippen LogP contribution in [0.15, 0.2) is 21.4 Å². The van der Waals surface area contributed by atoms with Gasteiger partial charge in [-0.25, -0.2) is 15.0 Å². The van der Waals surface area contributed by atoms with Crippen LogP contribution in [0.5, 0.6) is 0 Å². The van der Waals surface area contributed by atoms with Gasteiger partial charge in [0, 0.05) is 62.1 Å². The fourth-order valence-electron chi connectivity index (χ4n) is 5.36. The first-order valence-corrected chi connectivity index (χ1v) is 19.4. The van der Waals surface area contributed by atoms with E-state index in [1.165, 1.54) is 0 Å². The Morgan fingerprint density at radius 2 is 1.35 bits per heavy atom. The number of nitrogens with one attached hydrogen (secondary N) is 2. The Labute approximate surface area is 283 Å². The minimum absolute atomic E-state index is 0.00486. The lowest BCUT2D eigenvalue weighted by atomic mass is 10.1. The molecule has 1 fully saturated rings. The second-order valence-electron chi connectivity index (χ2n) is 12.0. The summed E-state index contributed by atoms with van der Waals surface area (Å²) in [5, 5.41) is 28.7. The van der Waals surface area contributed by atoms with Crippen molar-refractivity contribution in [1.82, 2.24) is 24.9 Å². The number of anilines is 4. The van der Waals surface area contributed by atoms with Gasteiger partial charge in [0.1, 0.15) is 21.4 Å². The molecule has 0 spiro atoms. The highest BCUT2D eigenvalue weighted by atomic mass is 35.5. The number of nitrogens with zero attached hydrogens (tertiary/aromatic N) is 7. The Bertz CT molecular complexity index is 1540. The molecule has 0 bridgehead atoms. The average molecular weight is 712 g/mol. The largest absolute Gasteiger partial charge is 0.394 e. The summed E-state index contributed by atoms with van der Waals surface area (Å²) in [6, 6.07) is -0.274. The van der Waals surface area contributed by atoms with Gasteiger partial charge in [0.25, 0.3) is 0 Å². The summed E-state index contributed by atoms with van der Waals surface area (Å²) in [6.45, 7) is 11.4. The molecule has 1 saturated heterocycles. The smallest absolute Gasteiger partial charge is 0.227 e. The summed E-state index contributed by atoms with van der Waals surface area (Å²) in [4.78, 5) is 27.9. The molecule has 4 atom stereocenters. The Kier molecular flexibility index (Phi) is 11.8. The fourth-order valence-corrected chi connectivity index (χ4v) is 8.87. The highest BCUT2D eigenvalue weighted by Gasteiger charge is 2.30. The molecular weight excluding hydrogens is 670 g/mol. The van der Waals surface area contributed by atoms with E-state index in [-0.39, 0.29) is 42.4 Å². The molecule has 3 aliphatic rings. The number of fused-ring (bicyclic) bond motifs is 2. The van der Waals surface area contributed by atoms with Crippen molar-refractivity contribution in [2.75, 3.05) is 71.3 Å². The Morgan fingerprint density at radius 1 is 0.826 bits per heavy atom. The van der Waals surface area contributed by atoms with E-state index < -0.39 is 21.6 Å². The number of rotatable bonds is 10. The van der Waals surface area contributed by atoms with Crippen molar-refractivity contribution in [3.63, 3.8) is 0 Å². The maximum absolute atomic E-state index is 12.5. The SMILES string of the molecule is CC(C)[C@H](CO)Nc1nc(Cl)nc2c1S(=O)CC2.CC(C)[C@H](CO)Nc1nc(N2CCN(c3nccs3)CC2)nc2c1S(=O)CC2. The first kappa shape index (κ1) is 34.8. The molecule has 0 radical (unpaired) electrons. The number of aromatic nitrogens is 5. The summed E-state index contributed by atoms with van der Waals surface area (Å²) in [5.41, 5.74) is 1.62. The lowest BCUT2D eigenvalue weighted by molar-refractivity contribution is 0.248. The van der Waals surface area contributed by atoms with Crippen LogP contribution in [-0.2, 0) is 34.4 Å². The van der Waals surface area contributed by atoms with Crippen LogP contribution in [0.1, 0.15) is 39.1 Å². The summed E-state index contributed by atoms with van der Waals surface area (Å²) in [6.07, 6.45) is 3.20. The molecule has 3 aromatic rings. The molecule has 0 saturated carbocycles. The topological polar surface area (TPSA) is 170 Å². The number of aryl methyl sites for hydroxylation is 2. The molecule has 0 aliphatic carbocycles. The van der Waals surface area contributed by atoms with Crippen molar-refractivity contribution in [3.8, 4) is 0 Å². The van der Waals surface area contributed by atoms with E-state index in [1.807, 2.05) is 39.3 Å². The minimum atomic E-state index is -1.08. The highest BCUT2D eigenvalue weighted by Crippen LogP contribution is 2.32. The minimum Gasteiger partial charge on any atom is -0.394 e. The van der Waals surface area contributed by atoms with Gasteiger partial charge in [0.15, 0.2) is 5.13 Å². The molecule has 6 heterocycles. The van der Waals surface area contributed by atoms with Gasteiger partial charge in [-0.2, -0.15) is 9.97 Å². The normalized spacial score (nSPS) is 20.3. The van der Waals surface area contributed by atoms with Gasteiger partial charge >= 0.3 is 0 Å². The molecule has 2 unspecified atom stereocenters. The molecule has 46 heavy (non-hydrogen) atoms. The van der Waals surface area contributed by atoms with E-state index in [9.17, 15) is 18.6 Å². The maximum Gasteiger partial charge on any atom is 0.227 e. The molecule has 3 aliphatic heterocycles. The van der Waals surface area contributed by atoms with Crippen LogP contribution in [0, 0.1) is 11.8 Å². The van der Waals surface area contributed by atoms with E-state index in [0.29, 0.717) is 51.7 Å². The predicted octanol–water partition coefficient (Wildman–Crippen LogP) is 2.57. The summed E-state index contributed by atoms with van der Waals surface area (Å²) < 4.78 is 24.4. The third-order valence-electron chi connectivity index (χ3n) is 8.24. The van der Waals surface area contributed by atoms with Crippen LogP contribution in [0.4, 0.5) is 22.7 Å². The maximum atomic E-state index is 12.5. The zero-order chi connectivity index (χ0) is 33.0. The van der Waals surface area contributed by atoms with Crippen LogP contribution in [-0.4, -0.2) is 107 Å². The van der Waals surface area contributed by atoms with Crippen LogP contribution in [0.3, 0.4) is 0 Å². The number of thiazole rings is 1. The van der Waals surface area contributed by atoms with Gasteiger partial charge in [-0.15, -0.1) is 11.3 Å². The van der Waals surface area contributed by atoms with Crippen molar-refractivity contribution in [2.45, 2.75) is 62.4 Å². The van der Waals surface area contributed by atoms with Gasteiger partial charge in [-0.3, -0.25) is 8.42 Å². The number of hydrogen-bond acceptors (Lipinski definition) is 14. The summed E-state index contributed by atoms with van der Waals surface area (Å²) >= 11 is 7.51. The van der Waals surface area contributed by atoms with Gasteiger partial charge in [-0.1, -0.05) is 27.7 Å². The molecule has 13 nitrogen and oxygen atoms in total. The third-order valence-corrected chi connectivity index (χ3v) is 12.2. The van der Waals surface area contributed by atoms with Crippen molar-refractivity contribution >= 4 is 67.3 Å². The first-order chi connectivity index (χ1) is 22.1. The van der Waals surface area contributed by atoms with E-state index in [0.717, 1.165) is 42.7 Å². The van der Waals surface area contributed by atoms with Crippen LogP contribution in [0.25, 0.3) is 0 Å². The number of piperazine rings is 1. The third kappa shape index (κ3) is 7.96. The van der Waals surface area contributed by atoms with Crippen LogP contribution < -0.4 is 20.4 Å². The molecular formula is C29H42ClN9O4S3. The van der Waals surface area contributed by atoms with Gasteiger partial charge < -0.3 is 30.6 Å². The van der Waals surface area contributed by atoms with Crippen molar-refractivity contribution in [3.05, 3.63) is 28.2 Å². The highest BCUT2D eigenvalue weighted by molar-refractivity contribution is 7.85. The number of halogens is 1. The Hall–Kier alpha value is -2.50. The average Bonchev–Trinajstić information content (AvgIpc) is 3.79. The summed E-state index contributed by atoms with van der Waals surface area (Å²) in [7, 11) is -2.16. The molecule has 17 heteroatoms. The second kappa shape index (κ2) is 15.6. The van der Waals surface area contributed by atoms with Crippen molar-refractivity contribution < 1.29 is 18.6 Å². The van der Waals surface area contributed by atoms with Crippen LogP contribution >= 0.6 is 22.9 Å². The van der Waals surface area contributed by atoms with E-state index in [2.05, 4.69) is 35.4 Å². The molecule has 0 amide bonds. The number of hydrogen-bond donors (Lipinski definition) is 4. The summed E-state index contributed by atoms with van der Waals surface area (Å²) in [5.74, 6) is 3.40. The Balaban J connectivity index is 0.000000200. The van der Waals surface area contributed by atoms with Crippen molar-refractivity contribution in [1.29, 1.82) is 0 Å². The standard InChI is InChI=1S/C18H26N6O2S2.C11H16ClN3O2S/c1-12(2)14(11-25)20-16-15-13(3-10-28(15)26)21-17(22-16)23-5-7-24(8-6-23)18-19-4-9-27-18;1-6(2)8(5-16)13-10-9-7(3-4-18(9)17)14-11(12)15-10/h4,9,12,14,25H,3,5-8,10-11H2,1-2H3,(H,20,21,22);6,8,16H,3-5H2,1-2H3,(H,13,14,15)/t14-,28?;8-,18?/m00/s1. The monoisotopic (exact) mass is 711 g/mol. The zero-order valence-electron chi connectivity index (χ0n) is 26.5. The van der Waals surface area contributed by atoms with E-state index in [4.69, 9.17) is 21.6 Å². The molecule has 4 N–H and O–H groups in total. The quantitative estimate of drug-likeness (QED) is 0.227. The lowest BCUT2D eigenvalue weighted by Gasteiger charge is -2.35. The molecule has 3 aromatic heterocycles. The van der Waals surface area contributed by atoms with E-state index in [1.54, 1.807) is 11.3 Å². The lowest BCUT2D eigenvalue weighted by Crippen LogP contribution is -2.47. The van der Waals surface area contributed by atoms with Crippen LogP contribution in [0.2, 0.25) is 5.28 Å². The number of aliphatic hydroxyl groups excluding tert-OH is 2. The molecule has 0 aromatic carbocycles. The first-order valence-electron chi connectivity index (χ1n) is 15.5. The van der Waals surface area contributed by atoms with Gasteiger partial charge in [0.2, 0.25) is 11.2 Å². The van der Waals surface area contributed by atoms with Gasteiger partial charge in [-0.05, 0) is 23.4 Å².